The number of hydrogen-bond donors (Lipinski definition) is 2. The zero-order valence-corrected chi connectivity index (χ0v) is 11.0. The fourth-order valence-electron chi connectivity index (χ4n) is 2.74. The van der Waals surface area contributed by atoms with E-state index in [0.29, 0.717) is 5.02 Å². The lowest BCUT2D eigenvalue weighted by Gasteiger charge is -2.38. The highest BCUT2D eigenvalue weighted by Gasteiger charge is 2.33. The van der Waals surface area contributed by atoms with Crippen molar-refractivity contribution < 1.29 is 9.90 Å². The summed E-state index contributed by atoms with van der Waals surface area (Å²) in [5.74, 6) is -0.811. The van der Waals surface area contributed by atoms with Crippen LogP contribution in [0.15, 0.2) is 24.3 Å². The van der Waals surface area contributed by atoms with Crippen LogP contribution >= 0.6 is 11.6 Å². The second kappa shape index (κ2) is 5.72. The van der Waals surface area contributed by atoms with Crippen molar-refractivity contribution in [2.75, 3.05) is 6.54 Å². The number of halogens is 1. The molecule has 0 heterocycles. The molecule has 1 saturated carbocycles. The third kappa shape index (κ3) is 3.03. The monoisotopic (exact) mass is 267 g/mol. The van der Waals surface area contributed by atoms with Gasteiger partial charge in [-0.3, -0.25) is 10.1 Å². The van der Waals surface area contributed by atoms with Crippen LogP contribution in [-0.4, -0.2) is 17.6 Å². The van der Waals surface area contributed by atoms with Crippen LogP contribution in [0.1, 0.15) is 37.7 Å². The Hall–Kier alpha value is -1.06. The lowest BCUT2D eigenvalue weighted by Crippen LogP contribution is -2.46. The van der Waals surface area contributed by atoms with Crippen LogP contribution < -0.4 is 5.32 Å². The summed E-state index contributed by atoms with van der Waals surface area (Å²) in [6, 6.07) is 7.75. The van der Waals surface area contributed by atoms with Crippen LogP contribution in [0.5, 0.6) is 0 Å². The van der Waals surface area contributed by atoms with Crippen molar-refractivity contribution in [3.63, 3.8) is 0 Å². The second-order valence-electron chi connectivity index (χ2n) is 4.90. The Morgan fingerprint density at radius 1 is 1.22 bits per heavy atom. The van der Waals surface area contributed by atoms with E-state index < -0.39 is 5.97 Å². The minimum atomic E-state index is -0.811. The molecule has 1 aromatic rings. The predicted octanol–water partition coefficient (Wildman–Crippen LogP) is 3.17. The Morgan fingerprint density at radius 2 is 1.83 bits per heavy atom. The Kier molecular flexibility index (Phi) is 4.25. The number of benzene rings is 1. The molecule has 18 heavy (non-hydrogen) atoms. The molecule has 4 heteroatoms. The highest BCUT2D eigenvalue weighted by Crippen LogP contribution is 2.37. The van der Waals surface area contributed by atoms with Gasteiger partial charge >= 0.3 is 5.97 Å². The first-order valence-corrected chi connectivity index (χ1v) is 6.73. The molecule has 98 valence electrons. The predicted molar refractivity (Wildman–Crippen MR) is 71.9 cm³/mol. The highest BCUT2D eigenvalue weighted by atomic mass is 35.5. The molecule has 0 spiro atoms. The lowest BCUT2D eigenvalue weighted by atomic mass is 9.76. The Bertz CT molecular complexity index is 410. The SMILES string of the molecule is O=C(O)CNC1(c2ccc(Cl)cc2)CCCCC1. The minimum absolute atomic E-state index is 0.00261. The molecule has 1 aliphatic carbocycles. The first kappa shape index (κ1) is 13.4. The summed E-state index contributed by atoms with van der Waals surface area (Å²) in [4.78, 5) is 10.8. The van der Waals surface area contributed by atoms with Crippen molar-refractivity contribution in [1.82, 2.24) is 5.32 Å². The molecule has 0 bridgehead atoms. The molecular formula is C14H18ClNO2. The molecular weight excluding hydrogens is 250 g/mol. The number of carboxylic acids is 1. The van der Waals surface area contributed by atoms with Crippen molar-refractivity contribution in [3.05, 3.63) is 34.9 Å². The third-order valence-corrected chi connectivity index (χ3v) is 3.93. The number of carbonyl (C=O) groups is 1. The molecule has 0 radical (unpaired) electrons. The first-order chi connectivity index (χ1) is 8.62. The van der Waals surface area contributed by atoms with E-state index in [9.17, 15) is 4.79 Å². The van der Waals surface area contributed by atoms with Gasteiger partial charge in [0, 0.05) is 10.6 Å². The van der Waals surface area contributed by atoms with E-state index in [2.05, 4.69) is 5.32 Å². The molecule has 1 fully saturated rings. The topological polar surface area (TPSA) is 49.3 Å². The summed E-state index contributed by atoms with van der Waals surface area (Å²) in [6.07, 6.45) is 5.47. The Morgan fingerprint density at radius 3 is 2.39 bits per heavy atom. The van der Waals surface area contributed by atoms with Crippen molar-refractivity contribution in [2.24, 2.45) is 0 Å². The van der Waals surface area contributed by atoms with Crippen LogP contribution in [0.2, 0.25) is 5.02 Å². The van der Waals surface area contributed by atoms with Gasteiger partial charge in [0.05, 0.1) is 6.54 Å². The lowest BCUT2D eigenvalue weighted by molar-refractivity contribution is -0.136. The van der Waals surface area contributed by atoms with Gasteiger partial charge in [-0.1, -0.05) is 43.0 Å². The van der Waals surface area contributed by atoms with Gasteiger partial charge < -0.3 is 5.11 Å². The number of carboxylic acid groups (broad SMARTS) is 1. The van der Waals surface area contributed by atoms with E-state index in [-0.39, 0.29) is 12.1 Å². The normalized spacial score (nSPS) is 18.5. The molecule has 0 saturated heterocycles. The summed E-state index contributed by atoms with van der Waals surface area (Å²) in [5, 5.41) is 12.8. The quantitative estimate of drug-likeness (QED) is 0.881. The van der Waals surface area contributed by atoms with E-state index in [1.54, 1.807) is 0 Å². The van der Waals surface area contributed by atoms with Gasteiger partial charge in [-0.15, -0.1) is 0 Å². The second-order valence-corrected chi connectivity index (χ2v) is 5.33. The smallest absolute Gasteiger partial charge is 0.317 e. The van der Waals surface area contributed by atoms with Crippen molar-refractivity contribution >= 4 is 17.6 Å². The molecule has 0 amide bonds. The zero-order chi connectivity index (χ0) is 13.0. The number of aliphatic carboxylic acids is 1. The third-order valence-electron chi connectivity index (χ3n) is 3.68. The maximum Gasteiger partial charge on any atom is 0.317 e. The summed E-state index contributed by atoms with van der Waals surface area (Å²) in [6.45, 7) is 0.00261. The van der Waals surface area contributed by atoms with Crippen LogP contribution in [-0.2, 0) is 10.3 Å². The van der Waals surface area contributed by atoms with Gasteiger partial charge in [0.15, 0.2) is 0 Å². The van der Waals surface area contributed by atoms with E-state index >= 15 is 0 Å². The number of rotatable bonds is 4. The summed E-state index contributed by atoms with van der Waals surface area (Å²) < 4.78 is 0. The average molecular weight is 268 g/mol. The van der Waals surface area contributed by atoms with E-state index in [4.69, 9.17) is 16.7 Å². The van der Waals surface area contributed by atoms with Gasteiger partial charge in [-0.25, -0.2) is 0 Å². The fourth-order valence-corrected chi connectivity index (χ4v) is 2.86. The molecule has 0 aliphatic heterocycles. The van der Waals surface area contributed by atoms with E-state index in [1.807, 2.05) is 24.3 Å². The largest absolute Gasteiger partial charge is 0.480 e. The van der Waals surface area contributed by atoms with Crippen LogP contribution in [0, 0.1) is 0 Å². The summed E-state index contributed by atoms with van der Waals surface area (Å²) in [5.41, 5.74) is 0.953. The van der Waals surface area contributed by atoms with Gasteiger partial charge in [0.1, 0.15) is 0 Å². The molecule has 3 nitrogen and oxygen atoms in total. The van der Waals surface area contributed by atoms with Crippen LogP contribution in [0.3, 0.4) is 0 Å². The van der Waals surface area contributed by atoms with Gasteiger partial charge in [0.25, 0.3) is 0 Å². The van der Waals surface area contributed by atoms with E-state index in [0.717, 1.165) is 31.2 Å². The standard InChI is InChI=1S/C14H18ClNO2/c15-12-6-4-11(5-7-12)14(16-10-13(17)18)8-2-1-3-9-14/h4-7,16H,1-3,8-10H2,(H,17,18). The molecule has 0 atom stereocenters. The van der Waals surface area contributed by atoms with Gasteiger partial charge in [0.2, 0.25) is 0 Å². The number of hydrogen-bond acceptors (Lipinski definition) is 2. The number of nitrogens with one attached hydrogen (secondary N) is 1. The molecule has 2 rings (SSSR count). The zero-order valence-electron chi connectivity index (χ0n) is 10.3. The molecule has 0 unspecified atom stereocenters. The summed E-state index contributed by atoms with van der Waals surface area (Å²) >= 11 is 5.91. The minimum Gasteiger partial charge on any atom is -0.480 e. The highest BCUT2D eigenvalue weighted by molar-refractivity contribution is 6.30. The first-order valence-electron chi connectivity index (χ1n) is 6.35. The molecule has 1 aromatic carbocycles. The maximum absolute atomic E-state index is 10.8. The summed E-state index contributed by atoms with van der Waals surface area (Å²) in [7, 11) is 0. The van der Waals surface area contributed by atoms with Crippen molar-refractivity contribution in [3.8, 4) is 0 Å². The molecule has 2 N–H and O–H groups in total. The molecule has 0 aromatic heterocycles. The Balaban J connectivity index is 2.22. The van der Waals surface area contributed by atoms with E-state index in [1.165, 1.54) is 6.42 Å². The average Bonchev–Trinajstić information content (AvgIpc) is 2.38. The van der Waals surface area contributed by atoms with Crippen LogP contribution in [0.4, 0.5) is 0 Å². The maximum atomic E-state index is 10.8. The van der Waals surface area contributed by atoms with Gasteiger partial charge in [-0.2, -0.15) is 0 Å². The van der Waals surface area contributed by atoms with Crippen LogP contribution in [0.25, 0.3) is 0 Å². The fraction of sp³-hybridized carbons (Fsp3) is 0.500. The van der Waals surface area contributed by atoms with Crippen molar-refractivity contribution in [1.29, 1.82) is 0 Å². The van der Waals surface area contributed by atoms with Gasteiger partial charge in [-0.05, 0) is 30.5 Å². The Labute approximate surface area is 112 Å². The molecule has 1 aliphatic rings. The van der Waals surface area contributed by atoms with Crippen molar-refractivity contribution in [2.45, 2.75) is 37.6 Å².